The van der Waals surface area contributed by atoms with Crippen molar-refractivity contribution in [3.63, 3.8) is 0 Å². The van der Waals surface area contributed by atoms with E-state index < -0.39 is 5.97 Å². The van der Waals surface area contributed by atoms with Gasteiger partial charge in [0.1, 0.15) is 0 Å². The number of rotatable bonds is 6. The van der Waals surface area contributed by atoms with Crippen LogP contribution in [-0.2, 0) is 0 Å². The maximum atomic E-state index is 10.9. The van der Waals surface area contributed by atoms with Gasteiger partial charge in [-0.05, 0) is 51.9 Å². The Bertz CT molecular complexity index is 444. The minimum absolute atomic E-state index is 0.0366. The van der Waals surface area contributed by atoms with Crippen molar-refractivity contribution in [2.24, 2.45) is 0 Å². The fourth-order valence-corrected chi connectivity index (χ4v) is 2.27. The van der Waals surface area contributed by atoms with Crippen LogP contribution in [0.2, 0.25) is 0 Å². The van der Waals surface area contributed by atoms with Gasteiger partial charge in [0.2, 0.25) is 5.95 Å². The number of carbonyl (C=O) groups is 1. The van der Waals surface area contributed by atoms with Crippen molar-refractivity contribution in [2.75, 3.05) is 31.5 Å². The molecule has 0 aromatic carbocycles. The van der Waals surface area contributed by atoms with E-state index >= 15 is 0 Å². The molecule has 0 amide bonds. The Kier molecular flexibility index (Phi) is 4.68. The third kappa shape index (κ3) is 4.17. The van der Waals surface area contributed by atoms with Gasteiger partial charge in [-0.2, -0.15) is 0 Å². The Morgan fingerprint density at radius 3 is 2.84 bits per heavy atom. The van der Waals surface area contributed by atoms with Gasteiger partial charge in [-0.25, -0.2) is 14.8 Å². The van der Waals surface area contributed by atoms with Crippen LogP contribution >= 0.6 is 0 Å². The SMILES string of the molecule is Cc1cc(C(=O)O)nc(NCCCN2CCCC2)n1. The van der Waals surface area contributed by atoms with Crippen molar-refractivity contribution in [1.82, 2.24) is 14.9 Å². The first-order valence-electron chi connectivity index (χ1n) is 6.70. The van der Waals surface area contributed by atoms with Crippen LogP contribution in [0, 0.1) is 6.92 Å². The van der Waals surface area contributed by atoms with Gasteiger partial charge in [-0.3, -0.25) is 0 Å². The molecule has 1 aliphatic heterocycles. The molecule has 6 nitrogen and oxygen atoms in total. The van der Waals surface area contributed by atoms with E-state index in [2.05, 4.69) is 20.2 Å². The highest BCUT2D eigenvalue weighted by atomic mass is 16.4. The molecule has 1 aromatic rings. The molecule has 2 heterocycles. The summed E-state index contributed by atoms with van der Waals surface area (Å²) in [7, 11) is 0. The van der Waals surface area contributed by atoms with Gasteiger partial charge in [0.25, 0.3) is 0 Å². The molecule has 0 spiro atoms. The molecule has 104 valence electrons. The lowest BCUT2D eigenvalue weighted by atomic mass is 10.3. The monoisotopic (exact) mass is 264 g/mol. The first-order valence-corrected chi connectivity index (χ1v) is 6.70. The maximum Gasteiger partial charge on any atom is 0.354 e. The zero-order valence-corrected chi connectivity index (χ0v) is 11.2. The van der Waals surface area contributed by atoms with Crippen molar-refractivity contribution in [3.05, 3.63) is 17.5 Å². The van der Waals surface area contributed by atoms with Crippen LogP contribution < -0.4 is 5.32 Å². The number of hydrogen-bond donors (Lipinski definition) is 2. The van der Waals surface area contributed by atoms with Crippen LogP contribution in [0.25, 0.3) is 0 Å². The largest absolute Gasteiger partial charge is 0.477 e. The molecule has 0 atom stereocenters. The topological polar surface area (TPSA) is 78.3 Å². The van der Waals surface area contributed by atoms with Crippen LogP contribution in [0.1, 0.15) is 35.4 Å². The second kappa shape index (κ2) is 6.47. The van der Waals surface area contributed by atoms with E-state index in [4.69, 9.17) is 5.11 Å². The van der Waals surface area contributed by atoms with Crippen molar-refractivity contribution < 1.29 is 9.90 Å². The number of nitrogens with one attached hydrogen (secondary N) is 1. The Morgan fingerprint density at radius 1 is 1.42 bits per heavy atom. The number of carboxylic acids is 1. The Hall–Kier alpha value is -1.69. The molecule has 1 aliphatic rings. The molecule has 0 unspecified atom stereocenters. The summed E-state index contributed by atoms with van der Waals surface area (Å²) in [6.07, 6.45) is 3.62. The molecule has 2 N–H and O–H groups in total. The van der Waals surface area contributed by atoms with Gasteiger partial charge in [-0.15, -0.1) is 0 Å². The molecule has 0 saturated carbocycles. The molecule has 19 heavy (non-hydrogen) atoms. The van der Waals surface area contributed by atoms with Crippen molar-refractivity contribution in [3.8, 4) is 0 Å². The summed E-state index contributed by atoms with van der Waals surface area (Å²) < 4.78 is 0. The van der Waals surface area contributed by atoms with Crippen LogP contribution in [-0.4, -0.2) is 52.1 Å². The predicted octanol–water partition coefficient (Wildman–Crippen LogP) is 1.38. The number of carboxylic acid groups (broad SMARTS) is 1. The van der Waals surface area contributed by atoms with Gasteiger partial charge >= 0.3 is 5.97 Å². The molecule has 0 radical (unpaired) electrons. The average Bonchev–Trinajstić information content (AvgIpc) is 2.87. The Balaban J connectivity index is 1.80. The van der Waals surface area contributed by atoms with Gasteiger partial charge in [0.05, 0.1) is 0 Å². The number of aromatic nitrogens is 2. The highest BCUT2D eigenvalue weighted by Gasteiger charge is 2.11. The third-order valence-electron chi connectivity index (χ3n) is 3.21. The fourth-order valence-electron chi connectivity index (χ4n) is 2.27. The average molecular weight is 264 g/mol. The first-order chi connectivity index (χ1) is 9.15. The minimum atomic E-state index is -1.02. The van der Waals surface area contributed by atoms with E-state index in [1.807, 2.05) is 0 Å². The summed E-state index contributed by atoms with van der Waals surface area (Å²) in [5.74, 6) is -0.621. The van der Waals surface area contributed by atoms with Crippen LogP contribution in [0.3, 0.4) is 0 Å². The highest BCUT2D eigenvalue weighted by Crippen LogP contribution is 2.08. The Morgan fingerprint density at radius 2 is 2.16 bits per heavy atom. The van der Waals surface area contributed by atoms with Gasteiger partial charge in [0.15, 0.2) is 5.69 Å². The van der Waals surface area contributed by atoms with E-state index in [-0.39, 0.29) is 5.69 Å². The van der Waals surface area contributed by atoms with E-state index in [0.717, 1.165) is 19.5 Å². The molecule has 0 bridgehead atoms. The molecule has 2 rings (SSSR count). The van der Waals surface area contributed by atoms with Crippen molar-refractivity contribution in [2.45, 2.75) is 26.2 Å². The summed E-state index contributed by atoms with van der Waals surface area (Å²) in [4.78, 5) is 21.5. The van der Waals surface area contributed by atoms with E-state index in [1.54, 1.807) is 6.92 Å². The molecule has 1 aromatic heterocycles. The number of nitrogens with zero attached hydrogens (tertiary/aromatic N) is 3. The summed E-state index contributed by atoms with van der Waals surface area (Å²) in [5, 5.41) is 12.0. The quantitative estimate of drug-likeness (QED) is 0.756. The second-order valence-corrected chi connectivity index (χ2v) is 4.85. The number of aryl methyl sites for hydroxylation is 1. The molecular weight excluding hydrogens is 244 g/mol. The first kappa shape index (κ1) is 13.7. The molecular formula is C13H20N4O2. The number of anilines is 1. The van der Waals surface area contributed by atoms with Gasteiger partial charge in [-0.1, -0.05) is 0 Å². The summed E-state index contributed by atoms with van der Waals surface area (Å²) in [6, 6.07) is 1.47. The summed E-state index contributed by atoms with van der Waals surface area (Å²) >= 11 is 0. The smallest absolute Gasteiger partial charge is 0.354 e. The normalized spacial score (nSPS) is 15.6. The molecule has 6 heteroatoms. The molecule has 0 aliphatic carbocycles. The number of hydrogen-bond acceptors (Lipinski definition) is 5. The zero-order chi connectivity index (χ0) is 13.7. The predicted molar refractivity (Wildman–Crippen MR) is 72.5 cm³/mol. The summed E-state index contributed by atoms with van der Waals surface area (Å²) in [5.41, 5.74) is 0.698. The summed E-state index contributed by atoms with van der Waals surface area (Å²) in [6.45, 7) is 6.00. The lowest BCUT2D eigenvalue weighted by Gasteiger charge is -2.14. The van der Waals surface area contributed by atoms with Crippen LogP contribution in [0.15, 0.2) is 6.07 Å². The van der Waals surface area contributed by atoms with E-state index in [9.17, 15) is 4.79 Å². The molecule has 1 fully saturated rings. The van der Waals surface area contributed by atoms with E-state index in [1.165, 1.54) is 32.0 Å². The van der Waals surface area contributed by atoms with E-state index in [0.29, 0.717) is 11.6 Å². The van der Waals surface area contributed by atoms with Crippen LogP contribution in [0.4, 0.5) is 5.95 Å². The maximum absolute atomic E-state index is 10.9. The third-order valence-corrected chi connectivity index (χ3v) is 3.21. The van der Waals surface area contributed by atoms with Crippen LogP contribution in [0.5, 0.6) is 0 Å². The fraction of sp³-hybridized carbons (Fsp3) is 0.615. The number of likely N-dealkylation sites (tertiary alicyclic amines) is 1. The zero-order valence-electron chi connectivity index (χ0n) is 11.2. The lowest BCUT2D eigenvalue weighted by molar-refractivity contribution is 0.0690. The highest BCUT2D eigenvalue weighted by molar-refractivity contribution is 5.85. The van der Waals surface area contributed by atoms with Crippen molar-refractivity contribution >= 4 is 11.9 Å². The van der Waals surface area contributed by atoms with Crippen molar-refractivity contribution in [1.29, 1.82) is 0 Å². The Labute approximate surface area is 112 Å². The van der Waals surface area contributed by atoms with Gasteiger partial charge < -0.3 is 15.3 Å². The lowest BCUT2D eigenvalue weighted by Crippen LogP contribution is -2.22. The van der Waals surface area contributed by atoms with Gasteiger partial charge in [0, 0.05) is 12.2 Å². The second-order valence-electron chi connectivity index (χ2n) is 4.85. The number of aromatic carboxylic acids is 1. The minimum Gasteiger partial charge on any atom is -0.477 e. The molecule has 1 saturated heterocycles. The standard InChI is InChI=1S/C13H20N4O2/c1-10-9-11(12(18)19)16-13(15-10)14-5-4-8-17-6-2-3-7-17/h9H,2-8H2,1H3,(H,18,19)(H,14,15,16).